The first kappa shape index (κ1) is 24.1. The number of hydrogen-bond donors (Lipinski definition) is 0. The summed E-state index contributed by atoms with van der Waals surface area (Å²) in [5, 5.41) is 10.8. The second-order valence-corrected chi connectivity index (χ2v) is 7.35. The molecular weight excluding hydrogens is 330 g/mol. The van der Waals surface area contributed by atoms with Crippen LogP contribution in [0, 0.1) is 0 Å². The number of rotatable bonds is 14. The van der Waals surface area contributed by atoms with Crippen LogP contribution in [-0.2, 0) is 14.3 Å². The molecule has 1 unspecified atom stereocenters. The van der Waals surface area contributed by atoms with E-state index in [9.17, 15) is 14.7 Å². The molecule has 26 heavy (non-hydrogen) atoms. The number of quaternary nitrogens is 1. The summed E-state index contributed by atoms with van der Waals surface area (Å²) in [6.07, 6.45) is 16.5. The van der Waals surface area contributed by atoms with Gasteiger partial charge in [-0.1, -0.05) is 43.4 Å². The van der Waals surface area contributed by atoms with Gasteiger partial charge in [0, 0.05) is 18.8 Å². The monoisotopic (exact) mass is 365 g/mol. The van der Waals surface area contributed by atoms with Gasteiger partial charge in [-0.25, -0.2) is 0 Å². The lowest BCUT2D eigenvalue weighted by Gasteiger charge is -2.29. The summed E-state index contributed by atoms with van der Waals surface area (Å²) in [6.45, 7) is 2.56. The van der Waals surface area contributed by atoms with E-state index in [1.807, 2.05) is 21.1 Å². The van der Waals surface area contributed by atoms with Crippen LogP contribution in [0.25, 0.3) is 0 Å². The van der Waals surface area contributed by atoms with Crippen molar-refractivity contribution >= 4 is 11.9 Å². The first-order chi connectivity index (χ1) is 12.2. The lowest BCUT2D eigenvalue weighted by atomic mass is 10.2. The average molecular weight is 366 g/mol. The molecule has 0 saturated carbocycles. The molecule has 0 amide bonds. The summed E-state index contributed by atoms with van der Waals surface area (Å²) in [5.74, 6) is -1.54. The average Bonchev–Trinajstić information content (AvgIpc) is 2.50. The first-order valence-electron chi connectivity index (χ1n) is 9.39. The van der Waals surface area contributed by atoms with E-state index in [0.29, 0.717) is 23.9 Å². The van der Waals surface area contributed by atoms with Gasteiger partial charge in [0.25, 0.3) is 0 Å². The number of aliphatic carboxylic acids is 1. The summed E-state index contributed by atoms with van der Waals surface area (Å²) in [5.41, 5.74) is 0. The van der Waals surface area contributed by atoms with Crippen molar-refractivity contribution in [1.29, 1.82) is 0 Å². The van der Waals surface area contributed by atoms with Crippen molar-refractivity contribution < 1.29 is 23.9 Å². The van der Waals surface area contributed by atoms with E-state index in [2.05, 4.69) is 43.4 Å². The van der Waals surface area contributed by atoms with Crippen molar-refractivity contribution in [3.8, 4) is 0 Å². The molecule has 0 radical (unpaired) electrons. The quantitative estimate of drug-likeness (QED) is 0.205. The van der Waals surface area contributed by atoms with Crippen LogP contribution in [0.3, 0.4) is 0 Å². The van der Waals surface area contributed by atoms with Crippen molar-refractivity contribution in [1.82, 2.24) is 0 Å². The molecule has 5 heteroatoms. The number of esters is 1. The number of allylic oxidation sites excluding steroid dienone is 6. The molecule has 0 aliphatic rings. The van der Waals surface area contributed by atoms with Crippen LogP contribution in [0.2, 0.25) is 0 Å². The Morgan fingerprint density at radius 1 is 1.00 bits per heavy atom. The zero-order chi connectivity index (χ0) is 19.8. The number of hydrogen-bond acceptors (Lipinski definition) is 4. The van der Waals surface area contributed by atoms with E-state index < -0.39 is 12.1 Å². The molecule has 0 aliphatic heterocycles. The van der Waals surface area contributed by atoms with Gasteiger partial charge in [-0.2, -0.15) is 0 Å². The molecule has 0 bridgehead atoms. The van der Waals surface area contributed by atoms with Crippen LogP contribution >= 0.6 is 0 Å². The summed E-state index contributed by atoms with van der Waals surface area (Å²) in [6, 6.07) is 0. The summed E-state index contributed by atoms with van der Waals surface area (Å²) in [4.78, 5) is 22.7. The van der Waals surface area contributed by atoms with E-state index in [1.54, 1.807) is 0 Å². The Labute approximate surface area is 158 Å². The summed E-state index contributed by atoms with van der Waals surface area (Å²) < 4.78 is 5.84. The van der Waals surface area contributed by atoms with Gasteiger partial charge in [-0.3, -0.25) is 4.79 Å². The maximum Gasteiger partial charge on any atom is 0.306 e. The zero-order valence-corrected chi connectivity index (χ0v) is 16.8. The van der Waals surface area contributed by atoms with Crippen LogP contribution in [-0.4, -0.2) is 50.2 Å². The summed E-state index contributed by atoms with van der Waals surface area (Å²) >= 11 is 0. The molecule has 5 nitrogen and oxygen atoms in total. The van der Waals surface area contributed by atoms with Crippen LogP contribution in [0.15, 0.2) is 36.5 Å². The predicted octanol–water partition coefficient (Wildman–Crippen LogP) is 2.77. The molecule has 0 rings (SSSR count). The fraction of sp³-hybridized carbons (Fsp3) is 0.619. The number of likely N-dealkylation sites (N-methyl/N-ethyl adjacent to an activating group) is 1. The molecule has 0 spiro atoms. The van der Waals surface area contributed by atoms with Gasteiger partial charge >= 0.3 is 5.97 Å². The van der Waals surface area contributed by atoms with Gasteiger partial charge in [0.1, 0.15) is 6.54 Å². The van der Waals surface area contributed by atoms with Crippen molar-refractivity contribution in [3.05, 3.63) is 36.5 Å². The Balaban J connectivity index is 3.99. The van der Waals surface area contributed by atoms with Crippen molar-refractivity contribution in [3.63, 3.8) is 0 Å². The molecular formula is C21H35NO4. The Kier molecular flexibility index (Phi) is 13.3. The third-order valence-corrected chi connectivity index (χ3v) is 3.48. The van der Waals surface area contributed by atoms with Crippen molar-refractivity contribution in [2.45, 2.75) is 58.0 Å². The van der Waals surface area contributed by atoms with Crippen molar-refractivity contribution in [2.24, 2.45) is 0 Å². The molecule has 0 aromatic carbocycles. The van der Waals surface area contributed by atoms with E-state index in [-0.39, 0.29) is 12.4 Å². The second-order valence-electron chi connectivity index (χ2n) is 7.35. The Morgan fingerprint density at radius 3 is 2.12 bits per heavy atom. The molecule has 148 valence electrons. The Hall–Kier alpha value is -1.88. The zero-order valence-electron chi connectivity index (χ0n) is 16.8. The van der Waals surface area contributed by atoms with E-state index in [1.165, 1.54) is 0 Å². The largest absolute Gasteiger partial charge is 0.550 e. The third-order valence-electron chi connectivity index (χ3n) is 3.48. The van der Waals surface area contributed by atoms with Gasteiger partial charge in [0.05, 0.1) is 21.1 Å². The molecule has 0 aromatic rings. The molecule has 0 saturated heterocycles. The minimum absolute atomic E-state index is 0.263. The maximum absolute atomic E-state index is 11.9. The standard InChI is InChI=1S/C21H35NO4/c1-5-6-7-8-9-10-11-12-13-14-15-16-21(25)26-19(17-20(23)24)18-22(2,3)4/h6-7,9-10,12-13,19H,5,8,11,14-18H2,1-4H3/b7-6+,10-9+,13-12+. The number of carboxylic acid groups (broad SMARTS) is 1. The molecule has 0 aliphatic carbocycles. The molecule has 0 aromatic heterocycles. The fourth-order valence-electron chi connectivity index (χ4n) is 2.38. The van der Waals surface area contributed by atoms with E-state index >= 15 is 0 Å². The first-order valence-corrected chi connectivity index (χ1v) is 9.39. The lowest BCUT2D eigenvalue weighted by molar-refractivity contribution is -0.873. The highest BCUT2D eigenvalue weighted by Crippen LogP contribution is 2.08. The van der Waals surface area contributed by atoms with Crippen LogP contribution in [0.1, 0.15) is 51.9 Å². The Morgan fingerprint density at radius 2 is 1.58 bits per heavy atom. The minimum Gasteiger partial charge on any atom is -0.550 e. The van der Waals surface area contributed by atoms with Gasteiger partial charge < -0.3 is 19.1 Å². The molecule has 0 fully saturated rings. The number of carbonyl (C=O) groups is 2. The highest BCUT2D eigenvalue weighted by molar-refractivity contribution is 5.70. The lowest BCUT2D eigenvalue weighted by Crippen LogP contribution is -2.45. The SMILES string of the molecule is CC/C=C/C/C=C/C/C=C/CCCC(=O)OC(CC(=O)[O-])C[N+](C)(C)C. The van der Waals surface area contributed by atoms with Gasteiger partial charge in [-0.05, 0) is 32.1 Å². The molecule has 1 atom stereocenters. The number of carboxylic acids is 1. The Bertz CT molecular complexity index is 487. The topological polar surface area (TPSA) is 66.4 Å². The number of carbonyl (C=O) groups excluding carboxylic acids is 2. The summed E-state index contributed by atoms with van der Waals surface area (Å²) in [7, 11) is 5.78. The van der Waals surface area contributed by atoms with Gasteiger partial charge in [0.2, 0.25) is 0 Å². The predicted molar refractivity (Wildman–Crippen MR) is 103 cm³/mol. The number of unbranched alkanes of at least 4 members (excludes halogenated alkanes) is 1. The van der Waals surface area contributed by atoms with Gasteiger partial charge in [0.15, 0.2) is 6.10 Å². The second kappa shape index (κ2) is 14.3. The maximum atomic E-state index is 11.9. The highest BCUT2D eigenvalue weighted by atomic mass is 16.5. The third kappa shape index (κ3) is 17.0. The van der Waals surface area contributed by atoms with Crippen molar-refractivity contribution in [2.75, 3.05) is 27.7 Å². The fourth-order valence-corrected chi connectivity index (χ4v) is 2.38. The number of nitrogens with zero attached hydrogens (tertiary/aromatic N) is 1. The van der Waals surface area contributed by atoms with Crippen LogP contribution < -0.4 is 5.11 Å². The van der Waals surface area contributed by atoms with Crippen LogP contribution in [0.5, 0.6) is 0 Å². The highest BCUT2D eigenvalue weighted by Gasteiger charge is 2.22. The normalized spacial score (nSPS) is 13.7. The smallest absolute Gasteiger partial charge is 0.306 e. The molecule has 0 N–H and O–H groups in total. The van der Waals surface area contributed by atoms with E-state index in [4.69, 9.17) is 4.74 Å². The minimum atomic E-state index is -1.20. The molecule has 0 heterocycles. The van der Waals surface area contributed by atoms with Gasteiger partial charge in [-0.15, -0.1) is 0 Å². The van der Waals surface area contributed by atoms with E-state index in [0.717, 1.165) is 25.7 Å². The number of ether oxygens (including phenoxy) is 1. The van der Waals surface area contributed by atoms with Crippen LogP contribution in [0.4, 0.5) is 0 Å².